The van der Waals surface area contributed by atoms with Crippen molar-refractivity contribution < 1.29 is 116 Å². The Hall–Kier alpha value is -9.34. The molecular formula is C74H118N10O24. The maximum atomic E-state index is 14.5. The second-order valence-corrected chi connectivity index (χ2v) is 29.3. The van der Waals surface area contributed by atoms with Crippen LogP contribution in [0.2, 0.25) is 0 Å². The number of nitrogens with two attached hydrogens (primary N) is 2. The lowest BCUT2D eigenvalue weighted by atomic mass is 9.87. The highest BCUT2D eigenvalue weighted by Gasteiger charge is 2.42. The van der Waals surface area contributed by atoms with Crippen LogP contribution in [0.5, 0.6) is 0 Å². The average Bonchev–Trinajstić information content (AvgIpc) is 1.59. The Morgan fingerprint density at radius 2 is 1.07 bits per heavy atom. The highest BCUT2D eigenvalue weighted by atomic mass is 16.5. The number of hydrogen-bond acceptors (Lipinski definition) is 22. The summed E-state index contributed by atoms with van der Waals surface area (Å²) in [6.45, 7) is 18.8. The molecule has 2 unspecified atom stereocenters. The van der Waals surface area contributed by atoms with E-state index >= 15 is 0 Å². The van der Waals surface area contributed by atoms with E-state index in [2.05, 4.69) is 48.5 Å². The van der Waals surface area contributed by atoms with Crippen LogP contribution >= 0.6 is 0 Å². The van der Waals surface area contributed by atoms with Crippen LogP contribution in [0, 0.1) is 53.3 Å². The minimum absolute atomic E-state index is 0.00204. The van der Waals surface area contributed by atoms with Crippen LogP contribution in [-0.2, 0) is 91.0 Å². The Morgan fingerprint density at radius 1 is 0.556 bits per heavy atom. The number of carbonyl (C=O) groups is 18. The normalized spacial score (nSPS) is 16.2. The third-order valence-electron chi connectivity index (χ3n) is 18.0. The van der Waals surface area contributed by atoms with E-state index < -0.39 is 261 Å². The first-order valence-electron chi connectivity index (χ1n) is 36.9. The number of carbonyl (C=O) groups excluding carboxylic acids is 16. The van der Waals surface area contributed by atoms with Crippen LogP contribution in [0.25, 0.3) is 0 Å². The van der Waals surface area contributed by atoms with Crippen molar-refractivity contribution in [3.63, 3.8) is 0 Å². The second kappa shape index (κ2) is 50.3. The first kappa shape index (κ1) is 96.7. The molecule has 1 heterocycles. The number of primary amides is 2. The molecular weight excluding hydrogens is 1410 g/mol. The largest absolute Gasteiger partial charge is 0.481 e. The van der Waals surface area contributed by atoms with Crippen LogP contribution in [0.15, 0.2) is 24.8 Å². The van der Waals surface area contributed by atoms with Gasteiger partial charge in [-0.1, -0.05) is 74.1 Å². The number of unbranched alkanes of at least 4 members (excludes halogenated alkanes) is 1. The second-order valence-electron chi connectivity index (χ2n) is 29.3. The molecule has 1 rings (SSSR count). The van der Waals surface area contributed by atoms with Crippen molar-refractivity contribution in [3.05, 3.63) is 24.8 Å². The first-order chi connectivity index (χ1) is 50.6. The molecule has 15 N–H and O–H groups in total. The van der Waals surface area contributed by atoms with E-state index in [-0.39, 0.29) is 95.2 Å². The van der Waals surface area contributed by atoms with E-state index in [1.54, 1.807) is 41.5 Å². The summed E-state index contributed by atoms with van der Waals surface area (Å²) in [6, 6.07) is -9.93. The molecule has 108 heavy (non-hydrogen) atoms. The number of ketones is 5. The van der Waals surface area contributed by atoms with Gasteiger partial charge >= 0.3 is 24.0 Å². The number of aliphatic carboxylic acids is 2. The summed E-state index contributed by atoms with van der Waals surface area (Å²) in [5.74, 6) is -23.0. The molecule has 0 bridgehead atoms. The quantitative estimate of drug-likeness (QED) is 0.0178. The number of ether oxygens (including phenoxy) is 2. The van der Waals surface area contributed by atoms with Crippen molar-refractivity contribution in [1.29, 1.82) is 0 Å². The number of hydrogen-bond donors (Lipinski definition) is 13. The molecule has 1 fully saturated rings. The van der Waals surface area contributed by atoms with Crippen molar-refractivity contribution in [2.45, 2.75) is 246 Å². The fraction of sp³-hybridized carbons (Fsp3) is 0.703. The minimum Gasteiger partial charge on any atom is -0.481 e. The number of carboxylic acids is 2. The number of carboxylic acid groups (broad SMARTS) is 2. The number of likely N-dealkylation sites (tertiary alicyclic amines) is 1. The Kier molecular flexibility index (Phi) is 45.0. The Morgan fingerprint density at radius 3 is 1.60 bits per heavy atom. The Balaban J connectivity index is 3.49. The summed E-state index contributed by atoms with van der Waals surface area (Å²) in [7, 11) is 1.12. The smallest absolute Gasteiger partial charge is 0.407 e. The van der Waals surface area contributed by atoms with Gasteiger partial charge in [0.05, 0.1) is 56.3 Å². The van der Waals surface area contributed by atoms with E-state index in [1.807, 2.05) is 0 Å². The third kappa shape index (κ3) is 37.5. The molecule has 34 heteroatoms. The third-order valence-corrected chi connectivity index (χ3v) is 18.0. The molecule has 34 nitrogen and oxygen atoms in total. The summed E-state index contributed by atoms with van der Waals surface area (Å²) >= 11 is 0. The Labute approximate surface area is 631 Å². The first-order valence-corrected chi connectivity index (χ1v) is 36.9. The van der Waals surface area contributed by atoms with Crippen molar-refractivity contribution in [2.75, 3.05) is 33.4 Å². The molecule has 1 aliphatic rings. The molecule has 13 atom stereocenters. The van der Waals surface area contributed by atoms with Gasteiger partial charge in [-0.2, -0.15) is 0 Å². The minimum atomic E-state index is -1.66. The maximum Gasteiger partial charge on any atom is 0.407 e. The fourth-order valence-corrected chi connectivity index (χ4v) is 12.5. The van der Waals surface area contributed by atoms with Gasteiger partial charge in [-0.05, 0) is 108 Å². The summed E-state index contributed by atoms with van der Waals surface area (Å²) < 4.78 is 9.44. The van der Waals surface area contributed by atoms with Gasteiger partial charge in [-0.3, -0.25) is 71.9 Å². The van der Waals surface area contributed by atoms with Crippen molar-refractivity contribution in [3.8, 4) is 0 Å². The van der Waals surface area contributed by atoms with E-state index in [9.17, 15) is 107 Å². The van der Waals surface area contributed by atoms with Gasteiger partial charge in [0.15, 0.2) is 28.9 Å². The summed E-state index contributed by atoms with van der Waals surface area (Å²) in [6.07, 6.45) is -3.37. The lowest BCUT2D eigenvalue weighted by Crippen LogP contribution is -2.54. The Bertz CT molecular complexity index is 3130. The molecule has 0 spiro atoms. The molecule has 0 aromatic heterocycles. The highest BCUT2D eigenvalue weighted by Crippen LogP contribution is 2.29. The number of nitrogens with zero attached hydrogens (tertiary/aromatic N) is 1. The van der Waals surface area contributed by atoms with Gasteiger partial charge < -0.3 is 83.5 Å². The zero-order valence-electron chi connectivity index (χ0n) is 64.3. The van der Waals surface area contributed by atoms with Gasteiger partial charge in [0, 0.05) is 94.7 Å². The number of rotatable bonds is 56. The van der Waals surface area contributed by atoms with E-state index in [1.165, 1.54) is 37.8 Å². The number of esters is 1. The number of alkyl carbamates (subject to hydrolysis) is 1. The molecule has 0 aliphatic carbocycles. The van der Waals surface area contributed by atoms with Gasteiger partial charge in [0.2, 0.25) is 53.2 Å². The average molecular weight is 1530 g/mol. The molecule has 0 saturated carbocycles. The SMILES string of the molecule is C=CCOC(=O)NCCCC[C@H](NC(=O)[C@H](CC(C)C)NC(=O)[C@@H](CC(=O)[C@@H](NC(=O)[C@@H](CC(=O)[C@@H]1CCCN1C(=O)[C@H](CO)CC(=O)C(NC(=O)[C@H](CCC(N)=O)CC(=O)[C@H](CCC(=O)O)NC(=O)[C@H](CC/C=C/C(=O)OC)CC(=O)[C@H](CC(N)=O)NC(C)=O)C(C)C)CC(C)C)C(C)O)CC(C)C)C(=O)O. The fourth-order valence-electron chi connectivity index (χ4n) is 12.5. The molecule has 0 aromatic rings. The number of nitrogens with one attached hydrogen (secondary N) is 7. The van der Waals surface area contributed by atoms with Crippen molar-refractivity contribution >= 4 is 106 Å². The molecule has 1 saturated heterocycles. The molecule has 0 aromatic carbocycles. The monoisotopic (exact) mass is 1530 g/mol. The predicted octanol–water partition coefficient (Wildman–Crippen LogP) is 1.63. The van der Waals surface area contributed by atoms with E-state index in [0.717, 1.165) is 20.1 Å². The van der Waals surface area contributed by atoms with Crippen LogP contribution in [0.3, 0.4) is 0 Å². The topological polar surface area (TPSA) is 546 Å². The van der Waals surface area contributed by atoms with Crippen LogP contribution in [-0.4, -0.2) is 213 Å². The van der Waals surface area contributed by atoms with Crippen LogP contribution < -0.4 is 48.7 Å². The van der Waals surface area contributed by atoms with Gasteiger partial charge in [-0.25, -0.2) is 14.4 Å². The summed E-state index contributed by atoms with van der Waals surface area (Å²) in [5.41, 5.74) is 10.8. The number of methoxy groups -OCH3 is 1. The maximum absolute atomic E-state index is 14.5. The highest BCUT2D eigenvalue weighted by molar-refractivity contribution is 6.00. The zero-order valence-corrected chi connectivity index (χ0v) is 64.3. The number of amides is 10. The lowest BCUT2D eigenvalue weighted by molar-refractivity contribution is -0.145. The molecule has 608 valence electrons. The molecule has 10 amide bonds. The molecule has 1 aliphatic heterocycles. The number of Topliss-reactive ketones (excluding diaryl/α,β-unsaturated/α-hetero) is 5. The number of aliphatic hydroxyl groups is 2. The number of aliphatic hydroxyl groups excluding tert-OH is 2. The summed E-state index contributed by atoms with van der Waals surface area (Å²) in [4.78, 5) is 241. The van der Waals surface area contributed by atoms with E-state index in [4.69, 9.17) is 16.2 Å². The van der Waals surface area contributed by atoms with Gasteiger partial charge in [-0.15, -0.1) is 0 Å². The number of allylic oxidation sites excluding steroid dienone is 1. The van der Waals surface area contributed by atoms with E-state index in [0.29, 0.717) is 6.42 Å². The zero-order chi connectivity index (χ0) is 82.2. The van der Waals surface area contributed by atoms with Crippen LogP contribution in [0.1, 0.15) is 198 Å². The standard InChI is InChI=1S/C74H118N10O24/c1-13-29-108-74(106)77-27-17-16-20-52(73(104)105)80-71(102)54(32-42(6)7)81-69(100)49(31-41(4)5)36-60(92)66(44(10)86)83-70(101)48(30-40(2)3)35-58(90)55-21-18-28-84(55)72(103)50(39-85)37-59(91)65(43(8)9)82-68(99)47(23-25-61(75)93)34-56(88)51(24-26-63(95)96)79-67(98)46(19-14-15-22-64(97)107-12)33-57(89)53(38-62(76)94)78-45(11)87/h13,15,22,40-44,46-55,65-66,85-86H,1,14,16-21,23-39H2,2-12H3,(H2,75,93)(H2,76,94)(H,77,106)(H,78,87)(H,79,98)(H,80,102)(H,81,100)(H,82,99)(H,83,101)(H,95,96)(H,104,105)/b22-15+/t44?,46-,47-,48-,49-,50+,51+,52+,53+,54+,55+,65?,66+/m1/s1. The van der Waals surface area contributed by atoms with Crippen LogP contribution in [0.4, 0.5) is 4.79 Å². The van der Waals surface area contributed by atoms with Crippen molar-refractivity contribution in [2.24, 2.45) is 64.7 Å². The summed E-state index contributed by atoms with van der Waals surface area (Å²) in [5, 5.41) is 59.2. The van der Waals surface area contributed by atoms with Gasteiger partial charge in [0.1, 0.15) is 24.7 Å². The van der Waals surface area contributed by atoms with Crippen molar-refractivity contribution in [1.82, 2.24) is 42.1 Å². The lowest BCUT2D eigenvalue weighted by Gasteiger charge is -2.30. The molecule has 0 radical (unpaired) electrons. The predicted molar refractivity (Wildman–Crippen MR) is 390 cm³/mol. The van der Waals surface area contributed by atoms with Gasteiger partial charge in [0.25, 0.3) is 0 Å².